The van der Waals surface area contributed by atoms with Crippen molar-refractivity contribution in [2.24, 2.45) is 0 Å². The average Bonchev–Trinajstić information content (AvgIpc) is 1.53. The van der Waals surface area contributed by atoms with Crippen molar-refractivity contribution >= 4 is 14.4 Å². The summed E-state index contributed by atoms with van der Waals surface area (Å²) < 4.78 is 17.8. The van der Waals surface area contributed by atoms with Crippen LogP contribution in [0.3, 0.4) is 0 Å². The number of hydrogen-bond acceptors (Lipinski definition) is 2. The van der Waals surface area contributed by atoms with Crippen LogP contribution in [0.5, 0.6) is 0 Å². The molecule has 2 nitrogen and oxygen atoms in total. The van der Waals surface area contributed by atoms with Crippen LogP contribution in [-0.2, 0) is 9.53 Å². The minimum absolute atomic E-state index is 0.279. The molecule has 0 fully saturated rings. The zero-order valence-electron chi connectivity index (χ0n) is 7.48. The van der Waals surface area contributed by atoms with Crippen LogP contribution in [0.2, 0.25) is 19.1 Å². The summed E-state index contributed by atoms with van der Waals surface area (Å²) in [4.78, 5) is 10.4. The van der Waals surface area contributed by atoms with Gasteiger partial charge in [0.1, 0.15) is 0 Å². The number of hydrogen-bond donors (Lipinski definition) is 0. The van der Waals surface area contributed by atoms with E-state index >= 15 is 0 Å². The number of ether oxygens (including phenoxy) is 1. The second kappa shape index (κ2) is 3.85. The first-order valence-electron chi connectivity index (χ1n) is 3.67. The molecule has 0 heterocycles. The van der Waals surface area contributed by atoms with Gasteiger partial charge in [0, 0.05) is 13.0 Å². The summed E-state index contributed by atoms with van der Waals surface area (Å²) in [5, 5.41) is 0. The third-order valence-electron chi connectivity index (χ3n) is 1.14. The maximum atomic E-state index is 13.0. The van der Waals surface area contributed by atoms with Gasteiger partial charge >= 0.3 is 5.97 Å². The largest absolute Gasteiger partial charge is 0.463 e. The Balaban J connectivity index is 3.69. The Kier molecular flexibility index (Phi) is 3.72. The first kappa shape index (κ1) is 10.6. The molecular weight excluding hydrogens is 163 g/mol. The predicted octanol–water partition coefficient (Wildman–Crippen LogP) is 2.11. The van der Waals surface area contributed by atoms with Crippen molar-refractivity contribution in [2.75, 3.05) is 0 Å². The Labute approximate surface area is 67.9 Å². The summed E-state index contributed by atoms with van der Waals surface area (Å²) in [6.45, 7) is 6.26. The van der Waals surface area contributed by atoms with E-state index in [-0.39, 0.29) is 12.1 Å². The Morgan fingerprint density at radius 2 is 2.09 bits per heavy atom. The van der Waals surface area contributed by atoms with Gasteiger partial charge in [0.25, 0.3) is 0 Å². The molecule has 1 atom stereocenters. The Hall–Kier alpha value is -0.383. The lowest BCUT2D eigenvalue weighted by atomic mass is 10.5. The lowest BCUT2D eigenvalue weighted by Gasteiger charge is -2.16. The predicted molar refractivity (Wildman–Crippen MR) is 44.6 cm³/mol. The third-order valence-corrected chi connectivity index (χ3v) is 2.69. The highest BCUT2D eigenvalue weighted by Crippen LogP contribution is 2.15. The first-order valence-corrected chi connectivity index (χ1v) is 6.76. The lowest BCUT2D eigenvalue weighted by Crippen LogP contribution is -2.26. The Morgan fingerprint density at radius 1 is 1.64 bits per heavy atom. The van der Waals surface area contributed by atoms with Crippen LogP contribution in [-0.4, -0.2) is 20.5 Å². The fraction of sp³-hybridized carbons (Fsp3) is 0.857. The molecule has 0 amide bonds. The van der Waals surface area contributed by atoms with E-state index in [2.05, 4.69) is 0 Å². The minimum Gasteiger partial charge on any atom is -0.463 e. The quantitative estimate of drug-likeness (QED) is 0.376. The number of halogens is 1. The Bertz CT molecular complexity index is 142. The van der Waals surface area contributed by atoms with Gasteiger partial charge in [-0.05, 0) is 20.0 Å². The van der Waals surface area contributed by atoms with Crippen molar-refractivity contribution in [3.63, 3.8) is 0 Å². The van der Waals surface area contributed by atoms with Crippen LogP contribution in [0.15, 0.2) is 0 Å². The maximum Gasteiger partial charge on any atom is 0.302 e. The monoisotopic (exact) mass is 178 g/mol. The van der Waals surface area contributed by atoms with Crippen molar-refractivity contribution in [1.82, 2.24) is 0 Å². The van der Waals surface area contributed by atoms with Crippen molar-refractivity contribution < 1.29 is 13.6 Å². The van der Waals surface area contributed by atoms with Gasteiger partial charge in [0.2, 0.25) is 8.41 Å². The van der Waals surface area contributed by atoms with Crippen LogP contribution in [0, 0.1) is 0 Å². The minimum atomic E-state index is -2.56. The summed E-state index contributed by atoms with van der Waals surface area (Å²) >= 11 is 0. The number of carbonyl (C=O) groups is 1. The molecule has 0 aromatic rings. The molecule has 0 bridgehead atoms. The molecular formula is C7H15FO2Si. The number of esters is 1. The standard InChI is InChI=1S/C7H15FO2Si/c1-6(10-7(2)9)5-11(3,4)8/h6H,5H2,1-4H3. The van der Waals surface area contributed by atoms with Gasteiger partial charge < -0.3 is 8.84 Å². The summed E-state index contributed by atoms with van der Waals surface area (Å²) in [5.41, 5.74) is 0. The van der Waals surface area contributed by atoms with E-state index in [0.29, 0.717) is 6.04 Å². The lowest BCUT2D eigenvalue weighted by molar-refractivity contribution is -0.144. The molecule has 0 spiro atoms. The van der Waals surface area contributed by atoms with Crippen molar-refractivity contribution in [1.29, 1.82) is 0 Å². The van der Waals surface area contributed by atoms with Crippen molar-refractivity contribution in [3.05, 3.63) is 0 Å². The van der Waals surface area contributed by atoms with Crippen molar-refractivity contribution in [2.45, 2.75) is 39.1 Å². The normalized spacial score (nSPS) is 14.3. The van der Waals surface area contributed by atoms with Crippen molar-refractivity contribution in [3.8, 4) is 0 Å². The fourth-order valence-electron chi connectivity index (χ4n) is 1.01. The average molecular weight is 178 g/mol. The molecule has 11 heavy (non-hydrogen) atoms. The number of carbonyl (C=O) groups excluding carboxylic acids is 1. The zero-order chi connectivity index (χ0) is 9.07. The molecule has 66 valence electrons. The van der Waals surface area contributed by atoms with Crippen LogP contribution in [0.4, 0.5) is 4.11 Å². The topological polar surface area (TPSA) is 26.3 Å². The zero-order valence-corrected chi connectivity index (χ0v) is 8.48. The van der Waals surface area contributed by atoms with E-state index in [0.717, 1.165) is 0 Å². The van der Waals surface area contributed by atoms with Gasteiger partial charge in [-0.3, -0.25) is 4.79 Å². The van der Waals surface area contributed by atoms with E-state index in [1.54, 1.807) is 20.0 Å². The number of rotatable bonds is 3. The molecule has 0 aliphatic heterocycles. The van der Waals surface area contributed by atoms with Gasteiger partial charge in [0.05, 0.1) is 6.10 Å². The molecule has 0 N–H and O–H groups in total. The molecule has 1 unspecified atom stereocenters. The van der Waals surface area contributed by atoms with Gasteiger partial charge in [0.15, 0.2) is 0 Å². The maximum absolute atomic E-state index is 13.0. The highest BCUT2D eigenvalue weighted by atomic mass is 28.4. The van der Waals surface area contributed by atoms with E-state index in [1.807, 2.05) is 0 Å². The van der Waals surface area contributed by atoms with E-state index in [9.17, 15) is 8.90 Å². The van der Waals surface area contributed by atoms with Gasteiger partial charge in [-0.15, -0.1) is 0 Å². The molecule has 0 rings (SSSR count). The second-order valence-corrected chi connectivity index (χ2v) is 7.19. The van der Waals surface area contributed by atoms with Crippen LogP contribution in [0.1, 0.15) is 13.8 Å². The second-order valence-electron chi connectivity index (χ2n) is 3.34. The third kappa shape index (κ3) is 7.51. The fourth-order valence-corrected chi connectivity index (χ4v) is 2.46. The molecule has 0 radical (unpaired) electrons. The Morgan fingerprint density at radius 3 is 2.36 bits per heavy atom. The van der Waals surface area contributed by atoms with E-state index < -0.39 is 8.41 Å². The van der Waals surface area contributed by atoms with E-state index in [4.69, 9.17) is 4.74 Å². The SMILES string of the molecule is CC(=O)OC(C)C[Si](C)(C)F. The summed E-state index contributed by atoms with van der Waals surface area (Å²) in [7, 11) is -2.56. The van der Waals surface area contributed by atoms with Gasteiger partial charge in [-0.1, -0.05) is 0 Å². The van der Waals surface area contributed by atoms with Crippen LogP contribution >= 0.6 is 0 Å². The summed E-state index contributed by atoms with van der Waals surface area (Å²) in [6.07, 6.45) is -0.279. The molecule has 0 aliphatic carbocycles. The molecule has 0 saturated heterocycles. The van der Waals surface area contributed by atoms with Crippen LogP contribution in [0.25, 0.3) is 0 Å². The molecule has 0 saturated carbocycles. The van der Waals surface area contributed by atoms with Gasteiger partial charge in [-0.2, -0.15) is 0 Å². The summed E-state index contributed by atoms with van der Waals surface area (Å²) in [5.74, 6) is -0.337. The molecule has 4 heteroatoms. The van der Waals surface area contributed by atoms with E-state index in [1.165, 1.54) is 6.92 Å². The highest BCUT2D eigenvalue weighted by Gasteiger charge is 2.24. The summed E-state index contributed by atoms with van der Waals surface area (Å²) in [6, 6.07) is 0.382. The first-order chi connectivity index (χ1) is 4.81. The van der Waals surface area contributed by atoms with Crippen LogP contribution < -0.4 is 0 Å². The molecule has 0 aromatic heterocycles. The smallest absolute Gasteiger partial charge is 0.302 e. The van der Waals surface area contributed by atoms with Gasteiger partial charge in [-0.25, -0.2) is 0 Å². The molecule has 0 aliphatic rings. The molecule has 0 aromatic carbocycles. The highest BCUT2D eigenvalue weighted by molar-refractivity contribution is 6.70.